The van der Waals surface area contributed by atoms with Crippen molar-refractivity contribution < 1.29 is 0 Å². The van der Waals surface area contributed by atoms with Gasteiger partial charge in [0.15, 0.2) is 0 Å². The summed E-state index contributed by atoms with van der Waals surface area (Å²) in [5, 5.41) is 12.0. The molecule has 0 saturated carbocycles. The monoisotopic (exact) mass is 460 g/mol. The predicted molar refractivity (Wildman–Crippen MR) is 131 cm³/mol. The van der Waals surface area contributed by atoms with Gasteiger partial charge in [-0.15, -0.1) is 11.8 Å². The Kier molecular flexibility index (Phi) is 6.63. The number of rotatable bonds is 5. The smallest absolute Gasteiger partial charge is 0.115 e. The highest BCUT2D eigenvalue weighted by atomic mass is 35.5. The zero-order chi connectivity index (χ0) is 21.8. The summed E-state index contributed by atoms with van der Waals surface area (Å²) in [6.45, 7) is 2.07. The van der Waals surface area contributed by atoms with E-state index in [0.29, 0.717) is 20.6 Å². The van der Waals surface area contributed by atoms with Crippen LogP contribution in [-0.4, -0.2) is 4.98 Å². The molecule has 0 radical (unpaired) electrons. The van der Waals surface area contributed by atoms with Crippen LogP contribution >= 0.6 is 35.0 Å². The van der Waals surface area contributed by atoms with Gasteiger partial charge >= 0.3 is 0 Å². The van der Waals surface area contributed by atoms with Gasteiger partial charge < -0.3 is 0 Å². The zero-order valence-corrected chi connectivity index (χ0v) is 19.1. The van der Waals surface area contributed by atoms with Crippen molar-refractivity contribution in [1.29, 1.82) is 5.26 Å². The molecule has 0 spiro atoms. The largest absolute Gasteiger partial charge is 0.240 e. The molecule has 0 bridgehead atoms. The Morgan fingerprint density at radius 1 is 0.839 bits per heavy atom. The standard InChI is InChI=1S/C26H18Cl2N2S/c1-17-2-4-18(5-3-17)16-31-26-24(15-29)23(19-6-10-21(27)11-7-19)14-25(30-26)20-8-12-22(28)13-9-20/h2-14H,16H2,1H3. The van der Waals surface area contributed by atoms with E-state index in [-0.39, 0.29) is 0 Å². The van der Waals surface area contributed by atoms with E-state index in [1.165, 1.54) is 11.1 Å². The fourth-order valence-corrected chi connectivity index (χ4v) is 4.41. The van der Waals surface area contributed by atoms with Gasteiger partial charge in [-0.05, 0) is 48.4 Å². The minimum Gasteiger partial charge on any atom is -0.240 e. The zero-order valence-electron chi connectivity index (χ0n) is 16.8. The lowest BCUT2D eigenvalue weighted by atomic mass is 9.99. The molecule has 2 nitrogen and oxygen atoms in total. The lowest BCUT2D eigenvalue weighted by molar-refractivity contribution is 1.12. The molecule has 1 aromatic heterocycles. The third-order valence-corrected chi connectivity index (χ3v) is 6.44. The molecule has 0 saturated heterocycles. The second-order valence-corrected chi connectivity index (χ2v) is 8.97. The van der Waals surface area contributed by atoms with E-state index in [2.05, 4.69) is 37.3 Å². The van der Waals surface area contributed by atoms with Crippen molar-refractivity contribution in [3.63, 3.8) is 0 Å². The van der Waals surface area contributed by atoms with Crippen LogP contribution in [0.3, 0.4) is 0 Å². The molecule has 0 aliphatic carbocycles. The van der Waals surface area contributed by atoms with Crippen LogP contribution in [0.4, 0.5) is 0 Å². The number of halogens is 2. The summed E-state index contributed by atoms with van der Waals surface area (Å²) >= 11 is 13.7. The number of aromatic nitrogens is 1. The number of pyridine rings is 1. The predicted octanol–water partition coefficient (Wildman–Crippen LogP) is 8.19. The summed E-state index contributed by atoms with van der Waals surface area (Å²) in [6.07, 6.45) is 0. The van der Waals surface area contributed by atoms with Gasteiger partial charge in [-0.2, -0.15) is 5.26 Å². The SMILES string of the molecule is Cc1ccc(CSc2nc(-c3ccc(Cl)cc3)cc(-c3ccc(Cl)cc3)c2C#N)cc1. The van der Waals surface area contributed by atoms with E-state index in [4.69, 9.17) is 28.2 Å². The normalized spacial score (nSPS) is 10.6. The first-order valence-electron chi connectivity index (χ1n) is 9.69. The van der Waals surface area contributed by atoms with E-state index in [0.717, 1.165) is 28.1 Å². The summed E-state index contributed by atoms with van der Waals surface area (Å²) in [6, 6.07) is 27.8. The molecule has 3 aromatic carbocycles. The Morgan fingerprint density at radius 2 is 1.42 bits per heavy atom. The van der Waals surface area contributed by atoms with Crippen LogP contribution in [0.1, 0.15) is 16.7 Å². The van der Waals surface area contributed by atoms with Gasteiger partial charge in [0.1, 0.15) is 11.1 Å². The van der Waals surface area contributed by atoms with Crippen LogP contribution in [-0.2, 0) is 5.75 Å². The average Bonchev–Trinajstić information content (AvgIpc) is 2.79. The van der Waals surface area contributed by atoms with Crippen LogP contribution < -0.4 is 0 Å². The average molecular weight is 461 g/mol. The molecular formula is C26H18Cl2N2S. The summed E-state index contributed by atoms with van der Waals surface area (Å²) < 4.78 is 0. The Hall–Kier alpha value is -2.77. The molecule has 4 rings (SSSR count). The molecule has 152 valence electrons. The lowest BCUT2D eigenvalue weighted by Gasteiger charge is -2.13. The third kappa shape index (κ3) is 5.11. The number of nitriles is 1. The van der Waals surface area contributed by atoms with Gasteiger partial charge in [-0.3, -0.25) is 0 Å². The Morgan fingerprint density at radius 3 is 2.00 bits per heavy atom. The fraction of sp³-hybridized carbons (Fsp3) is 0.0769. The van der Waals surface area contributed by atoms with Gasteiger partial charge in [0.2, 0.25) is 0 Å². The molecule has 0 unspecified atom stereocenters. The van der Waals surface area contributed by atoms with Crippen molar-refractivity contribution in [3.8, 4) is 28.5 Å². The molecule has 31 heavy (non-hydrogen) atoms. The van der Waals surface area contributed by atoms with E-state index in [1.807, 2.05) is 54.6 Å². The number of aryl methyl sites for hydroxylation is 1. The van der Waals surface area contributed by atoms with E-state index < -0.39 is 0 Å². The molecule has 0 atom stereocenters. The third-order valence-electron chi connectivity index (χ3n) is 4.89. The molecule has 4 aromatic rings. The van der Waals surface area contributed by atoms with E-state index >= 15 is 0 Å². The van der Waals surface area contributed by atoms with Crippen molar-refractivity contribution in [2.45, 2.75) is 17.7 Å². The van der Waals surface area contributed by atoms with Crippen LogP contribution in [0, 0.1) is 18.3 Å². The van der Waals surface area contributed by atoms with Crippen molar-refractivity contribution in [3.05, 3.63) is 106 Å². The van der Waals surface area contributed by atoms with Crippen molar-refractivity contribution in [2.75, 3.05) is 0 Å². The first-order chi connectivity index (χ1) is 15.0. The van der Waals surface area contributed by atoms with Gasteiger partial charge in [-0.1, -0.05) is 77.3 Å². The van der Waals surface area contributed by atoms with E-state index in [9.17, 15) is 5.26 Å². The van der Waals surface area contributed by atoms with Crippen molar-refractivity contribution in [1.82, 2.24) is 4.98 Å². The highest BCUT2D eigenvalue weighted by Crippen LogP contribution is 2.36. The van der Waals surface area contributed by atoms with Gasteiger partial charge in [0.05, 0.1) is 11.3 Å². The fourth-order valence-electron chi connectivity index (χ4n) is 3.20. The number of thioether (sulfide) groups is 1. The van der Waals surface area contributed by atoms with Crippen LogP contribution in [0.2, 0.25) is 10.0 Å². The molecular weight excluding hydrogens is 443 g/mol. The number of hydrogen-bond donors (Lipinski definition) is 0. The van der Waals surface area contributed by atoms with Crippen LogP contribution in [0.15, 0.2) is 83.9 Å². The maximum absolute atomic E-state index is 10.00. The quantitative estimate of drug-likeness (QED) is 0.281. The molecule has 5 heteroatoms. The molecule has 0 N–H and O–H groups in total. The Balaban J connectivity index is 1.81. The second kappa shape index (κ2) is 9.58. The van der Waals surface area contributed by atoms with Crippen molar-refractivity contribution in [2.24, 2.45) is 0 Å². The lowest BCUT2D eigenvalue weighted by Crippen LogP contribution is -1.96. The number of benzene rings is 3. The van der Waals surface area contributed by atoms with Crippen molar-refractivity contribution >= 4 is 35.0 Å². The maximum atomic E-state index is 10.00. The van der Waals surface area contributed by atoms with Crippen LogP contribution in [0.5, 0.6) is 0 Å². The van der Waals surface area contributed by atoms with Gasteiger partial charge in [0, 0.05) is 26.9 Å². The Labute approximate surface area is 196 Å². The summed E-state index contributed by atoms with van der Waals surface area (Å²) in [5.41, 5.74) is 6.48. The number of nitrogens with zero attached hydrogens (tertiary/aromatic N) is 2. The maximum Gasteiger partial charge on any atom is 0.115 e. The molecule has 0 aliphatic rings. The topological polar surface area (TPSA) is 36.7 Å². The summed E-state index contributed by atoms with van der Waals surface area (Å²) in [4.78, 5) is 4.85. The summed E-state index contributed by atoms with van der Waals surface area (Å²) in [5.74, 6) is 0.728. The minimum absolute atomic E-state index is 0.567. The molecule has 0 aliphatic heterocycles. The van der Waals surface area contributed by atoms with Crippen LogP contribution in [0.25, 0.3) is 22.4 Å². The molecule has 0 fully saturated rings. The second-order valence-electron chi connectivity index (χ2n) is 7.14. The highest BCUT2D eigenvalue weighted by Gasteiger charge is 2.16. The first-order valence-corrected chi connectivity index (χ1v) is 11.4. The molecule has 0 amide bonds. The first kappa shape index (κ1) is 21.5. The minimum atomic E-state index is 0.567. The van der Waals surface area contributed by atoms with E-state index in [1.54, 1.807) is 11.8 Å². The van der Waals surface area contributed by atoms with Gasteiger partial charge in [0.25, 0.3) is 0 Å². The highest BCUT2D eigenvalue weighted by molar-refractivity contribution is 7.98. The summed E-state index contributed by atoms with van der Waals surface area (Å²) in [7, 11) is 0. The Bertz CT molecular complexity index is 1240. The number of hydrogen-bond acceptors (Lipinski definition) is 3. The van der Waals surface area contributed by atoms with Gasteiger partial charge in [-0.25, -0.2) is 4.98 Å². The molecule has 1 heterocycles.